The number of carbonyl (C=O) groups excluding carboxylic acids is 1. The Balaban J connectivity index is 1.76. The molecular weight excluding hydrogens is 334 g/mol. The number of rotatable bonds is 1. The third kappa shape index (κ3) is 2.09. The first-order valence-corrected chi connectivity index (χ1v) is 8.55. The van der Waals surface area contributed by atoms with Crippen LogP contribution in [-0.4, -0.2) is 12.0 Å². The quantitative estimate of drug-likeness (QED) is 0.607. The van der Waals surface area contributed by atoms with E-state index >= 15 is 0 Å². The minimum Gasteiger partial charge on any atom is -0.467 e. The molecule has 25 heavy (non-hydrogen) atoms. The van der Waals surface area contributed by atoms with E-state index in [-0.39, 0.29) is 11.7 Å². The molecule has 2 aliphatic heterocycles. The van der Waals surface area contributed by atoms with Crippen molar-refractivity contribution in [3.05, 3.63) is 88.9 Å². The molecule has 2 unspecified atom stereocenters. The van der Waals surface area contributed by atoms with Gasteiger partial charge in [-0.3, -0.25) is 4.79 Å². The van der Waals surface area contributed by atoms with Gasteiger partial charge in [-0.25, -0.2) is 0 Å². The summed E-state index contributed by atoms with van der Waals surface area (Å²) in [5, 5.41) is 0.604. The Bertz CT molecular complexity index is 986. The highest BCUT2D eigenvalue weighted by Crippen LogP contribution is 2.51. The van der Waals surface area contributed by atoms with Crippen molar-refractivity contribution >= 4 is 28.8 Å². The lowest BCUT2D eigenvalue weighted by Crippen LogP contribution is -2.44. The molecule has 0 amide bonds. The van der Waals surface area contributed by atoms with Gasteiger partial charge >= 0.3 is 0 Å². The number of fused-ring (bicyclic) bond motifs is 5. The molecule has 0 aromatic heterocycles. The maximum atomic E-state index is 13.3. The van der Waals surface area contributed by atoms with Crippen molar-refractivity contribution < 1.29 is 9.53 Å². The molecule has 0 radical (unpaired) electrons. The summed E-state index contributed by atoms with van der Waals surface area (Å²) in [6.45, 7) is 0. The van der Waals surface area contributed by atoms with Crippen LogP contribution in [0.5, 0.6) is 5.75 Å². The highest BCUT2D eigenvalue weighted by atomic mass is 35.5. The minimum atomic E-state index is -0.404. The zero-order chi connectivity index (χ0) is 17.0. The molecule has 2 atom stereocenters. The van der Waals surface area contributed by atoms with Crippen LogP contribution in [0.15, 0.2) is 72.8 Å². The molecule has 2 heterocycles. The maximum absolute atomic E-state index is 13.3. The molecule has 4 heteroatoms. The van der Waals surface area contributed by atoms with Gasteiger partial charge in [0, 0.05) is 10.6 Å². The van der Waals surface area contributed by atoms with E-state index in [1.54, 1.807) is 6.07 Å². The number of nitrogens with zero attached hydrogens (tertiary/aromatic N) is 1. The monoisotopic (exact) mass is 347 g/mol. The number of hydrogen-bond acceptors (Lipinski definition) is 3. The van der Waals surface area contributed by atoms with Gasteiger partial charge in [0.15, 0.2) is 12.0 Å². The summed E-state index contributed by atoms with van der Waals surface area (Å²) < 4.78 is 6.21. The average molecular weight is 348 g/mol. The molecule has 3 aromatic carbocycles. The molecule has 0 saturated heterocycles. The van der Waals surface area contributed by atoms with Gasteiger partial charge in [0.1, 0.15) is 11.7 Å². The van der Waals surface area contributed by atoms with Crippen molar-refractivity contribution in [1.82, 2.24) is 0 Å². The molecule has 0 fully saturated rings. The number of ether oxygens (including phenoxy) is 1. The number of Topliss-reactive ketones (excluding diaryl/α,β-unsaturated/α-hetero) is 1. The van der Waals surface area contributed by atoms with E-state index < -0.39 is 6.23 Å². The van der Waals surface area contributed by atoms with Crippen LogP contribution in [0, 0.1) is 0 Å². The maximum Gasteiger partial charge on any atom is 0.191 e. The van der Waals surface area contributed by atoms with Crippen molar-refractivity contribution in [2.75, 3.05) is 4.90 Å². The third-order valence-corrected chi connectivity index (χ3v) is 5.07. The Labute approximate surface area is 150 Å². The zero-order valence-electron chi connectivity index (χ0n) is 13.2. The van der Waals surface area contributed by atoms with Crippen molar-refractivity contribution in [2.45, 2.75) is 12.1 Å². The largest absolute Gasteiger partial charge is 0.467 e. The number of benzene rings is 3. The number of hydrogen-bond donors (Lipinski definition) is 0. The van der Waals surface area contributed by atoms with Crippen LogP contribution in [0.25, 0.3) is 0 Å². The highest BCUT2D eigenvalue weighted by molar-refractivity contribution is 6.31. The zero-order valence-corrected chi connectivity index (χ0v) is 14.0. The number of ketones is 1. The first-order valence-electron chi connectivity index (χ1n) is 8.18. The predicted octanol–water partition coefficient (Wildman–Crippen LogP) is 5.18. The molecule has 2 aliphatic rings. The molecule has 0 spiro atoms. The Morgan fingerprint density at radius 1 is 0.880 bits per heavy atom. The molecule has 0 N–H and O–H groups in total. The summed E-state index contributed by atoms with van der Waals surface area (Å²) in [6, 6.07) is 23.1. The van der Waals surface area contributed by atoms with Crippen molar-refractivity contribution in [3.8, 4) is 5.75 Å². The fourth-order valence-corrected chi connectivity index (χ4v) is 3.91. The molecule has 0 bridgehead atoms. The van der Waals surface area contributed by atoms with E-state index in [0.29, 0.717) is 10.6 Å². The average Bonchev–Trinajstić information content (AvgIpc) is 3.02. The van der Waals surface area contributed by atoms with E-state index in [4.69, 9.17) is 16.3 Å². The molecule has 122 valence electrons. The molecule has 3 nitrogen and oxygen atoms in total. The Morgan fingerprint density at radius 3 is 2.48 bits per heavy atom. The van der Waals surface area contributed by atoms with Crippen LogP contribution >= 0.6 is 11.6 Å². The van der Waals surface area contributed by atoms with Crippen LogP contribution < -0.4 is 9.64 Å². The summed E-state index contributed by atoms with van der Waals surface area (Å²) in [5.41, 5.74) is 3.40. The second-order valence-corrected chi connectivity index (χ2v) is 6.70. The molecule has 3 aromatic rings. The molecule has 0 aliphatic carbocycles. The molecule has 0 saturated carbocycles. The van der Waals surface area contributed by atoms with Gasteiger partial charge in [0.25, 0.3) is 0 Å². The van der Waals surface area contributed by atoms with Crippen LogP contribution in [0.3, 0.4) is 0 Å². The van der Waals surface area contributed by atoms with Crippen LogP contribution in [0.2, 0.25) is 5.02 Å². The van der Waals surface area contributed by atoms with Gasteiger partial charge in [0.2, 0.25) is 0 Å². The summed E-state index contributed by atoms with van der Waals surface area (Å²) in [4.78, 5) is 15.4. The van der Waals surface area contributed by atoms with Crippen LogP contribution in [-0.2, 0) is 0 Å². The van der Waals surface area contributed by atoms with Crippen molar-refractivity contribution in [2.24, 2.45) is 0 Å². The van der Waals surface area contributed by atoms with Crippen molar-refractivity contribution in [3.63, 3.8) is 0 Å². The summed E-state index contributed by atoms with van der Waals surface area (Å²) in [6.07, 6.45) is -0.404. The van der Waals surface area contributed by atoms with E-state index in [1.165, 1.54) is 0 Å². The van der Waals surface area contributed by atoms with Gasteiger partial charge in [-0.05, 0) is 35.9 Å². The van der Waals surface area contributed by atoms with E-state index in [2.05, 4.69) is 4.90 Å². The van der Waals surface area contributed by atoms with E-state index in [1.807, 2.05) is 66.7 Å². The summed E-state index contributed by atoms with van der Waals surface area (Å²) in [7, 11) is 0. The van der Waals surface area contributed by atoms with Crippen molar-refractivity contribution in [1.29, 1.82) is 0 Å². The molecular formula is C21H14ClNO2. The lowest BCUT2D eigenvalue weighted by atomic mass is 9.84. The van der Waals surface area contributed by atoms with Gasteiger partial charge in [0.05, 0.1) is 11.4 Å². The highest BCUT2D eigenvalue weighted by Gasteiger charge is 2.47. The second kappa shape index (κ2) is 5.36. The number of halogens is 1. The van der Waals surface area contributed by atoms with Gasteiger partial charge in [-0.15, -0.1) is 0 Å². The van der Waals surface area contributed by atoms with Crippen LogP contribution in [0.4, 0.5) is 11.4 Å². The number of carbonyl (C=O) groups is 1. The van der Waals surface area contributed by atoms with Gasteiger partial charge < -0.3 is 9.64 Å². The first kappa shape index (κ1) is 14.6. The Morgan fingerprint density at radius 2 is 1.64 bits per heavy atom. The fourth-order valence-electron chi connectivity index (χ4n) is 3.75. The normalized spacial score (nSPS) is 20.5. The standard InChI is InChI=1S/C21H14ClNO2/c22-14-10-11-15-17(12-14)23-16-8-4-5-9-18(16)25-21(23)19(20(15)24)13-6-2-1-3-7-13/h1-12,19,21H. The lowest BCUT2D eigenvalue weighted by molar-refractivity contribution is 0.0861. The second-order valence-electron chi connectivity index (χ2n) is 6.26. The van der Waals surface area contributed by atoms with Gasteiger partial charge in [-0.2, -0.15) is 0 Å². The smallest absolute Gasteiger partial charge is 0.191 e. The summed E-state index contributed by atoms with van der Waals surface area (Å²) >= 11 is 6.22. The van der Waals surface area contributed by atoms with Crippen LogP contribution in [0.1, 0.15) is 21.8 Å². The first-order chi connectivity index (χ1) is 12.2. The minimum absolute atomic E-state index is 0.0620. The number of anilines is 2. The Kier molecular flexibility index (Phi) is 3.12. The fraction of sp³-hybridized carbons (Fsp3) is 0.0952. The lowest BCUT2D eigenvalue weighted by Gasteiger charge is -2.37. The van der Waals surface area contributed by atoms with E-state index in [9.17, 15) is 4.79 Å². The summed E-state index contributed by atoms with van der Waals surface area (Å²) in [5.74, 6) is 0.461. The molecule has 5 rings (SSSR count). The Hall–Kier alpha value is -2.78. The SMILES string of the molecule is O=C1c2ccc(Cl)cc2N2c3ccccc3OC2C1c1ccccc1. The van der Waals surface area contributed by atoms with E-state index in [0.717, 1.165) is 22.7 Å². The third-order valence-electron chi connectivity index (χ3n) is 4.84. The predicted molar refractivity (Wildman–Crippen MR) is 98.0 cm³/mol. The van der Waals surface area contributed by atoms with Gasteiger partial charge in [-0.1, -0.05) is 54.1 Å². The topological polar surface area (TPSA) is 29.5 Å². The number of para-hydroxylation sites is 2.